The van der Waals surface area contributed by atoms with Gasteiger partial charge in [-0.3, -0.25) is 0 Å². The molecule has 3 nitrogen and oxygen atoms in total. The van der Waals surface area contributed by atoms with E-state index in [1.165, 1.54) is 5.56 Å². The fourth-order valence-corrected chi connectivity index (χ4v) is 2.46. The molecule has 0 aliphatic carbocycles. The van der Waals surface area contributed by atoms with Crippen molar-refractivity contribution in [3.63, 3.8) is 0 Å². The monoisotopic (exact) mass is 256 g/mol. The van der Waals surface area contributed by atoms with Gasteiger partial charge in [0.2, 0.25) is 0 Å². The largest absolute Gasteiger partial charge is 0.504 e. The highest BCUT2D eigenvalue weighted by atomic mass is 16.5. The number of benzene rings is 2. The maximum atomic E-state index is 9.77. The Morgan fingerprint density at radius 3 is 2.74 bits per heavy atom. The summed E-state index contributed by atoms with van der Waals surface area (Å²) in [6, 6.07) is 13.7. The fraction of sp³-hybridized carbons (Fsp3) is 0.250. The number of phenolic OH excluding ortho intramolecular Hbond substituents is 1. The van der Waals surface area contributed by atoms with Gasteiger partial charge < -0.3 is 14.6 Å². The molecule has 2 aromatic carbocycles. The van der Waals surface area contributed by atoms with E-state index in [0.29, 0.717) is 5.75 Å². The summed E-state index contributed by atoms with van der Waals surface area (Å²) in [6.07, 6.45) is 1.89. The molecule has 0 spiro atoms. The molecule has 0 bridgehead atoms. The van der Waals surface area contributed by atoms with Gasteiger partial charge in [0.1, 0.15) is 11.9 Å². The Labute approximate surface area is 112 Å². The van der Waals surface area contributed by atoms with Gasteiger partial charge in [0.05, 0.1) is 7.11 Å². The van der Waals surface area contributed by atoms with Crippen LogP contribution in [0.4, 0.5) is 0 Å². The summed E-state index contributed by atoms with van der Waals surface area (Å²) in [4.78, 5) is 0. The summed E-state index contributed by atoms with van der Waals surface area (Å²) in [5.41, 5.74) is 2.21. The van der Waals surface area contributed by atoms with Gasteiger partial charge >= 0.3 is 0 Å². The molecule has 0 aromatic heterocycles. The number of ether oxygens (including phenoxy) is 2. The van der Waals surface area contributed by atoms with E-state index in [0.717, 1.165) is 24.2 Å². The van der Waals surface area contributed by atoms with Gasteiger partial charge in [0.25, 0.3) is 0 Å². The van der Waals surface area contributed by atoms with Crippen molar-refractivity contribution < 1.29 is 14.6 Å². The van der Waals surface area contributed by atoms with Crippen molar-refractivity contribution in [2.24, 2.45) is 0 Å². The lowest BCUT2D eigenvalue weighted by Crippen LogP contribution is -2.15. The third-order valence-corrected chi connectivity index (χ3v) is 3.48. The van der Waals surface area contributed by atoms with E-state index in [2.05, 4.69) is 12.1 Å². The Morgan fingerprint density at radius 1 is 1.21 bits per heavy atom. The highest BCUT2D eigenvalue weighted by Crippen LogP contribution is 2.40. The smallest absolute Gasteiger partial charge is 0.164 e. The first kappa shape index (κ1) is 11.9. The van der Waals surface area contributed by atoms with Gasteiger partial charge in [-0.1, -0.05) is 30.3 Å². The van der Waals surface area contributed by atoms with E-state index < -0.39 is 0 Å². The molecule has 0 saturated carbocycles. The standard InChI is InChI=1S/C16H16O3/c1-18-16-10-15-12(9-13(16)17)7-8-14(19-15)11-5-3-2-4-6-11/h2-6,9-10,14,17H,7-8H2,1H3. The quantitative estimate of drug-likeness (QED) is 0.894. The van der Waals surface area contributed by atoms with Gasteiger partial charge in [-0.15, -0.1) is 0 Å². The van der Waals surface area contributed by atoms with Crippen molar-refractivity contribution in [2.75, 3.05) is 7.11 Å². The predicted octanol–water partition coefficient (Wildman–Crippen LogP) is 3.47. The zero-order chi connectivity index (χ0) is 13.2. The minimum absolute atomic E-state index is 0.0722. The Balaban J connectivity index is 1.91. The molecular weight excluding hydrogens is 240 g/mol. The second-order valence-electron chi connectivity index (χ2n) is 4.69. The fourth-order valence-electron chi connectivity index (χ4n) is 2.46. The lowest BCUT2D eigenvalue weighted by Gasteiger charge is -2.27. The van der Waals surface area contributed by atoms with Crippen LogP contribution in [0.5, 0.6) is 17.2 Å². The maximum Gasteiger partial charge on any atom is 0.164 e. The molecule has 1 heterocycles. The number of rotatable bonds is 2. The molecule has 0 saturated heterocycles. The molecule has 1 aliphatic rings. The van der Waals surface area contributed by atoms with Crippen molar-refractivity contribution in [3.8, 4) is 17.2 Å². The molecule has 0 fully saturated rings. The van der Waals surface area contributed by atoms with Gasteiger partial charge in [0.15, 0.2) is 11.5 Å². The average molecular weight is 256 g/mol. The van der Waals surface area contributed by atoms with Crippen molar-refractivity contribution in [1.29, 1.82) is 0 Å². The predicted molar refractivity (Wildman–Crippen MR) is 72.8 cm³/mol. The highest BCUT2D eigenvalue weighted by Gasteiger charge is 2.22. The van der Waals surface area contributed by atoms with Gasteiger partial charge in [-0.25, -0.2) is 0 Å². The molecule has 2 aromatic rings. The number of aromatic hydroxyl groups is 1. The van der Waals surface area contributed by atoms with Crippen LogP contribution >= 0.6 is 0 Å². The summed E-state index contributed by atoms with van der Waals surface area (Å²) in [6.45, 7) is 0. The number of methoxy groups -OCH3 is 1. The summed E-state index contributed by atoms with van der Waals surface area (Å²) in [5, 5.41) is 9.77. The zero-order valence-corrected chi connectivity index (χ0v) is 10.8. The number of aryl methyl sites for hydroxylation is 1. The molecule has 3 rings (SSSR count). The molecule has 3 heteroatoms. The van der Waals surface area contributed by atoms with Crippen LogP contribution in [0.25, 0.3) is 0 Å². The van der Waals surface area contributed by atoms with Crippen LogP contribution in [0.1, 0.15) is 23.7 Å². The number of phenols is 1. The van der Waals surface area contributed by atoms with Crippen LogP contribution in [-0.4, -0.2) is 12.2 Å². The van der Waals surface area contributed by atoms with E-state index in [-0.39, 0.29) is 11.9 Å². The minimum Gasteiger partial charge on any atom is -0.504 e. The molecule has 19 heavy (non-hydrogen) atoms. The van der Waals surface area contributed by atoms with Crippen LogP contribution in [0.2, 0.25) is 0 Å². The van der Waals surface area contributed by atoms with Crippen LogP contribution < -0.4 is 9.47 Å². The lowest BCUT2D eigenvalue weighted by molar-refractivity contribution is 0.175. The Bertz CT molecular complexity index is 578. The molecule has 98 valence electrons. The molecule has 1 N–H and O–H groups in total. The molecule has 1 aliphatic heterocycles. The van der Waals surface area contributed by atoms with E-state index in [1.54, 1.807) is 19.2 Å². The number of hydrogen-bond donors (Lipinski definition) is 1. The zero-order valence-electron chi connectivity index (χ0n) is 10.8. The normalized spacial score (nSPS) is 17.4. The Kier molecular flexibility index (Phi) is 3.03. The number of hydrogen-bond acceptors (Lipinski definition) is 3. The highest BCUT2D eigenvalue weighted by molar-refractivity contribution is 5.51. The average Bonchev–Trinajstić information content (AvgIpc) is 2.47. The van der Waals surface area contributed by atoms with E-state index in [9.17, 15) is 5.11 Å². The first-order valence-corrected chi connectivity index (χ1v) is 6.39. The van der Waals surface area contributed by atoms with Crippen molar-refractivity contribution in [2.45, 2.75) is 18.9 Å². The summed E-state index contributed by atoms with van der Waals surface area (Å²) >= 11 is 0. The molecule has 1 atom stereocenters. The maximum absolute atomic E-state index is 9.77. The van der Waals surface area contributed by atoms with Crippen molar-refractivity contribution in [1.82, 2.24) is 0 Å². The van der Waals surface area contributed by atoms with Crippen LogP contribution in [0, 0.1) is 0 Å². The second kappa shape index (κ2) is 4.84. The minimum atomic E-state index is 0.0722. The van der Waals surface area contributed by atoms with E-state index >= 15 is 0 Å². The Morgan fingerprint density at radius 2 is 2.00 bits per heavy atom. The topological polar surface area (TPSA) is 38.7 Å². The van der Waals surface area contributed by atoms with Gasteiger partial charge in [-0.05, 0) is 30.0 Å². The summed E-state index contributed by atoms with van der Waals surface area (Å²) < 4.78 is 11.1. The van der Waals surface area contributed by atoms with Crippen LogP contribution in [0.15, 0.2) is 42.5 Å². The first-order valence-electron chi connectivity index (χ1n) is 6.39. The number of fused-ring (bicyclic) bond motifs is 1. The molecular formula is C16H16O3. The second-order valence-corrected chi connectivity index (χ2v) is 4.69. The summed E-state index contributed by atoms with van der Waals surface area (Å²) in [5.74, 6) is 1.42. The lowest BCUT2D eigenvalue weighted by atomic mass is 9.97. The van der Waals surface area contributed by atoms with Crippen molar-refractivity contribution in [3.05, 3.63) is 53.6 Å². The molecule has 1 unspecified atom stereocenters. The summed E-state index contributed by atoms with van der Waals surface area (Å²) in [7, 11) is 1.54. The molecule has 0 amide bonds. The SMILES string of the molecule is COc1cc2c(cc1O)CCC(c1ccccc1)O2. The first-order chi connectivity index (χ1) is 9.28. The third kappa shape index (κ3) is 2.24. The van der Waals surface area contributed by atoms with E-state index in [1.807, 2.05) is 18.2 Å². The van der Waals surface area contributed by atoms with E-state index in [4.69, 9.17) is 9.47 Å². The van der Waals surface area contributed by atoms with Gasteiger partial charge in [-0.2, -0.15) is 0 Å². The van der Waals surface area contributed by atoms with Crippen molar-refractivity contribution >= 4 is 0 Å². The molecule has 0 radical (unpaired) electrons. The van der Waals surface area contributed by atoms with Gasteiger partial charge in [0, 0.05) is 6.07 Å². The third-order valence-electron chi connectivity index (χ3n) is 3.48. The van der Waals surface area contributed by atoms with Crippen LogP contribution in [-0.2, 0) is 6.42 Å². The Hall–Kier alpha value is -2.16. The van der Waals surface area contributed by atoms with Crippen LogP contribution in [0.3, 0.4) is 0 Å².